The van der Waals surface area contributed by atoms with Crippen molar-refractivity contribution in [1.82, 2.24) is 25.6 Å². The summed E-state index contributed by atoms with van der Waals surface area (Å²) in [7, 11) is 0. The third kappa shape index (κ3) is 5.66. The Bertz CT molecular complexity index is 1270. The molecule has 0 aliphatic carbocycles. The van der Waals surface area contributed by atoms with Crippen molar-refractivity contribution in [1.29, 1.82) is 0 Å². The van der Waals surface area contributed by atoms with Crippen molar-refractivity contribution in [3.63, 3.8) is 0 Å². The Morgan fingerprint density at radius 2 is 1.94 bits per heavy atom. The molecule has 1 amide bonds. The number of carbonyl (C=O) groups is 1. The third-order valence-electron chi connectivity index (χ3n) is 4.26. The zero-order valence-corrected chi connectivity index (χ0v) is 17.5. The molecule has 2 aromatic heterocycles. The van der Waals surface area contributed by atoms with Crippen LogP contribution in [0.4, 0.5) is 13.2 Å². The van der Waals surface area contributed by atoms with Crippen LogP contribution in [0.2, 0.25) is 0 Å². The zero-order valence-electron chi connectivity index (χ0n) is 16.7. The van der Waals surface area contributed by atoms with Crippen LogP contribution in [0.3, 0.4) is 0 Å². The number of rotatable bonds is 7. The fraction of sp³-hybridized carbons (Fsp3) is 0.0952. The first-order valence-corrected chi connectivity index (χ1v) is 10.4. The number of benzene rings is 2. The molecule has 2 heterocycles. The summed E-state index contributed by atoms with van der Waals surface area (Å²) in [5, 5.41) is 15.7. The smallest absolute Gasteiger partial charge is 0.416 e. The lowest BCUT2D eigenvalue weighted by molar-refractivity contribution is -0.137. The Hall–Kier alpha value is -3.93. The lowest BCUT2D eigenvalue weighted by Gasteiger charge is -2.07. The molecular formula is C21H15F3N6O2S. The van der Waals surface area contributed by atoms with E-state index in [4.69, 9.17) is 4.42 Å². The predicted octanol–water partition coefficient (Wildman–Crippen LogP) is 4.18. The van der Waals surface area contributed by atoms with Crippen LogP contribution in [-0.4, -0.2) is 38.1 Å². The predicted molar refractivity (Wildman–Crippen MR) is 115 cm³/mol. The van der Waals surface area contributed by atoms with Crippen molar-refractivity contribution < 1.29 is 22.4 Å². The van der Waals surface area contributed by atoms with Crippen molar-refractivity contribution in [2.24, 2.45) is 5.10 Å². The van der Waals surface area contributed by atoms with Gasteiger partial charge in [0.15, 0.2) is 0 Å². The SMILES string of the molecule is O=C(CSc1nnnn1-c1ccccc1)N/N=C\c1ccc(-c2cccc(C(F)(F)F)c2)o1. The maximum atomic E-state index is 12.9. The highest BCUT2D eigenvalue weighted by atomic mass is 32.2. The number of thioether (sulfide) groups is 1. The summed E-state index contributed by atoms with van der Waals surface area (Å²) in [6, 6.07) is 17.1. The lowest BCUT2D eigenvalue weighted by Crippen LogP contribution is -2.19. The van der Waals surface area contributed by atoms with E-state index in [0.29, 0.717) is 5.16 Å². The molecule has 0 bridgehead atoms. The van der Waals surface area contributed by atoms with Gasteiger partial charge in [0.05, 0.1) is 23.2 Å². The number of para-hydroxylation sites is 1. The molecule has 12 heteroatoms. The van der Waals surface area contributed by atoms with E-state index >= 15 is 0 Å². The van der Waals surface area contributed by atoms with E-state index in [0.717, 1.165) is 29.6 Å². The molecular weight excluding hydrogens is 457 g/mol. The Kier molecular flexibility index (Phi) is 6.54. The third-order valence-corrected chi connectivity index (χ3v) is 5.18. The highest BCUT2D eigenvalue weighted by Gasteiger charge is 2.30. The molecule has 0 radical (unpaired) electrons. The van der Waals surface area contributed by atoms with Gasteiger partial charge < -0.3 is 4.42 Å². The van der Waals surface area contributed by atoms with E-state index < -0.39 is 17.6 Å². The summed E-state index contributed by atoms with van der Waals surface area (Å²) in [6.07, 6.45) is -3.19. The van der Waals surface area contributed by atoms with Crippen LogP contribution in [0.1, 0.15) is 11.3 Å². The summed E-state index contributed by atoms with van der Waals surface area (Å²) >= 11 is 1.13. The highest BCUT2D eigenvalue weighted by Crippen LogP contribution is 2.32. The zero-order chi connectivity index (χ0) is 23.3. The first kappa shape index (κ1) is 22.3. The molecule has 0 saturated carbocycles. The molecule has 168 valence electrons. The van der Waals surface area contributed by atoms with Crippen LogP contribution in [0, 0.1) is 0 Å². The maximum Gasteiger partial charge on any atom is 0.416 e. The second-order valence-corrected chi connectivity index (χ2v) is 7.51. The molecule has 4 aromatic rings. The van der Waals surface area contributed by atoms with Crippen molar-refractivity contribution in [3.8, 4) is 17.0 Å². The quantitative estimate of drug-likeness (QED) is 0.246. The number of hydrogen-bond donors (Lipinski definition) is 1. The number of halogens is 3. The largest absolute Gasteiger partial charge is 0.455 e. The van der Waals surface area contributed by atoms with Gasteiger partial charge in [0.2, 0.25) is 5.16 Å². The molecule has 0 atom stereocenters. The van der Waals surface area contributed by atoms with E-state index in [9.17, 15) is 18.0 Å². The number of tetrazole rings is 1. The summed E-state index contributed by atoms with van der Waals surface area (Å²) in [4.78, 5) is 12.1. The topological polar surface area (TPSA) is 98.2 Å². The standard InChI is InChI=1S/C21H15F3N6O2S/c22-21(23,24)15-6-4-5-14(11-15)18-10-9-17(32-18)12-25-26-19(31)13-33-20-27-28-29-30(20)16-7-2-1-3-8-16/h1-12H,13H2,(H,26,31)/b25-12-. The van der Waals surface area contributed by atoms with E-state index in [-0.39, 0.29) is 22.8 Å². The number of amides is 1. The number of carbonyl (C=O) groups excluding carboxylic acids is 1. The summed E-state index contributed by atoms with van der Waals surface area (Å²) in [5.41, 5.74) is 2.63. The molecule has 33 heavy (non-hydrogen) atoms. The van der Waals surface area contributed by atoms with Crippen molar-refractivity contribution in [3.05, 3.63) is 78.1 Å². The van der Waals surface area contributed by atoms with E-state index in [2.05, 4.69) is 26.1 Å². The minimum absolute atomic E-state index is 0.0121. The van der Waals surface area contributed by atoms with Gasteiger partial charge in [-0.15, -0.1) is 5.10 Å². The van der Waals surface area contributed by atoms with Gasteiger partial charge >= 0.3 is 6.18 Å². The van der Waals surface area contributed by atoms with Gasteiger partial charge in [0, 0.05) is 5.56 Å². The van der Waals surface area contributed by atoms with Crippen LogP contribution in [0.5, 0.6) is 0 Å². The average Bonchev–Trinajstić information content (AvgIpc) is 3.48. The molecule has 2 aromatic carbocycles. The van der Waals surface area contributed by atoms with Gasteiger partial charge in [-0.25, -0.2) is 5.43 Å². The fourth-order valence-electron chi connectivity index (χ4n) is 2.76. The van der Waals surface area contributed by atoms with E-state index in [1.165, 1.54) is 35.2 Å². The van der Waals surface area contributed by atoms with Crippen molar-refractivity contribution in [2.75, 3.05) is 5.75 Å². The lowest BCUT2D eigenvalue weighted by atomic mass is 10.1. The van der Waals surface area contributed by atoms with Crippen LogP contribution >= 0.6 is 11.8 Å². The Morgan fingerprint density at radius 3 is 2.73 bits per heavy atom. The summed E-state index contributed by atoms with van der Waals surface area (Å²) in [5.74, 6) is 0.127. The number of furan rings is 1. The second kappa shape index (κ2) is 9.69. The number of aromatic nitrogens is 4. The molecule has 0 fully saturated rings. The van der Waals surface area contributed by atoms with Gasteiger partial charge in [-0.2, -0.15) is 23.0 Å². The Balaban J connectivity index is 1.32. The minimum atomic E-state index is -4.44. The van der Waals surface area contributed by atoms with E-state index in [1.54, 1.807) is 0 Å². The number of alkyl halides is 3. The highest BCUT2D eigenvalue weighted by molar-refractivity contribution is 7.99. The van der Waals surface area contributed by atoms with E-state index in [1.807, 2.05) is 30.3 Å². The first-order chi connectivity index (χ1) is 15.9. The van der Waals surface area contributed by atoms with Gasteiger partial charge in [0.1, 0.15) is 11.5 Å². The minimum Gasteiger partial charge on any atom is -0.455 e. The molecule has 0 aliphatic heterocycles. The number of nitrogens with one attached hydrogen (secondary N) is 1. The normalized spacial score (nSPS) is 11.7. The van der Waals surface area contributed by atoms with Crippen LogP contribution in [0.25, 0.3) is 17.0 Å². The molecule has 0 aliphatic rings. The summed E-state index contributed by atoms with van der Waals surface area (Å²) in [6.45, 7) is 0. The maximum absolute atomic E-state index is 12.9. The van der Waals surface area contributed by atoms with Crippen molar-refractivity contribution in [2.45, 2.75) is 11.3 Å². The number of nitrogens with zero attached hydrogens (tertiary/aromatic N) is 5. The number of hydrazone groups is 1. The van der Waals surface area contributed by atoms with Gasteiger partial charge in [-0.3, -0.25) is 4.79 Å². The number of hydrogen-bond acceptors (Lipinski definition) is 7. The van der Waals surface area contributed by atoms with Gasteiger partial charge in [-0.1, -0.05) is 42.1 Å². The van der Waals surface area contributed by atoms with Gasteiger partial charge in [-0.05, 0) is 46.8 Å². The fourth-order valence-corrected chi connectivity index (χ4v) is 3.44. The van der Waals surface area contributed by atoms with Crippen LogP contribution in [0.15, 0.2) is 81.4 Å². The molecule has 0 saturated heterocycles. The molecule has 0 unspecified atom stereocenters. The summed E-state index contributed by atoms with van der Waals surface area (Å²) < 4.78 is 45.7. The van der Waals surface area contributed by atoms with Gasteiger partial charge in [0.25, 0.3) is 5.91 Å². The second-order valence-electron chi connectivity index (χ2n) is 6.57. The monoisotopic (exact) mass is 472 g/mol. The molecule has 1 N–H and O–H groups in total. The average molecular weight is 472 g/mol. The molecule has 4 rings (SSSR count). The molecule has 0 spiro atoms. The molecule has 8 nitrogen and oxygen atoms in total. The Labute approximate surface area is 189 Å². The van der Waals surface area contributed by atoms with Crippen LogP contribution in [-0.2, 0) is 11.0 Å². The first-order valence-electron chi connectivity index (χ1n) is 9.46. The Morgan fingerprint density at radius 1 is 1.12 bits per heavy atom. The van der Waals surface area contributed by atoms with Crippen LogP contribution < -0.4 is 5.43 Å². The van der Waals surface area contributed by atoms with Crippen molar-refractivity contribution >= 4 is 23.9 Å².